The van der Waals surface area contributed by atoms with Gasteiger partial charge in [-0.1, -0.05) is 6.07 Å². The van der Waals surface area contributed by atoms with Crippen LogP contribution in [0.3, 0.4) is 0 Å². The van der Waals surface area contributed by atoms with Crippen LogP contribution in [0.1, 0.15) is 44.8 Å². The van der Waals surface area contributed by atoms with Crippen molar-refractivity contribution in [2.45, 2.75) is 38.9 Å². The summed E-state index contributed by atoms with van der Waals surface area (Å²) in [5.74, 6) is -0.171. The zero-order valence-electron chi connectivity index (χ0n) is 14.9. The Bertz CT molecular complexity index is 531. The van der Waals surface area contributed by atoms with Crippen molar-refractivity contribution in [1.82, 2.24) is 5.32 Å². The maximum atomic E-state index is 10.2. The third-order valence-electron chi connectivity index (χ3n) is 2.11. The number of aromatic hydroxyl groups is 1. The molecule has 96 valence electrons. The Morgan fingerprint density at radius 3 is 2.82 bits per heavy atom. The lowest BCUT2D eigenvalue weighted by Gasteiger charge is -2.23. The molecule has 0 bridgehead atoms. The molecule has 1 aromatic rings. The van der Waals surface area contributed by atoms with Crippen LogP contribution in [-0.4, -0.2) is 27.4 Å². The van der Waals surface area contributed by atoms with Gasteiger partial charge in [-0.25, -0.2) is 0 Å². The van der Waals surface area contributed by atoms with Crippen LogP contribution in [0.2, 0.25) is 0 Å². The molecule has 0 aromatic heterocycles. The van der Waals surface area contributed by atoms with E-state index in [0.717, 1.165) is 0 Å². The molecule has 4 heteroatoms. The molecule has 0 unspecified atom stereocenters. The average molecular weight is 244 g/mol. The number of phenols is 1. The van der Waals surface area contributed by atoms with Crippen LogP contribution in [0.5, 0.6) is 5.75 Å². The Labute approximate surface area is 109 Å². The van der Waals surface area contributed by atoms with Crippen molar-refractivity contribution in [2.24, 2.45) is 0 Å². The van der Waals surface area contributed by atoms with Crippen LogP contribution < -0.4 is 5.32 Å². The molecule has 0 amide bonds. The summed E-state index contributed by atoms with van der Waals surface area (Å²) >= 11 is 0. The van der Waals surface area contributed by atoms with Crippen LogP contribution in [0.4, 0.5) is 0 Å². The van der Waals surface area contributed by atoms with E-state index in [0.29, 0.717) is 0 Å². The van der Waals surface area contributed by atoms with Gasteiger partial charge >= 0.3 is 0 Å². The van der Waals surface area contributed by atoms with E-state index >= 15 is 0 Å². The first-order chi connectivity index (χ1) is 9.82. The van der Waals surface area contributed by atoms with Crippen LogP contribution >= 0.6 is 0 Å². The minimum atomic E-state index is -2.47. The summed E-state index contributed by atoms with van der Waals surface area (Å²) in [5, 5.41) is 31.1. The van der Waals surface area contributed by atoms with Gasteiger partial charge in [0.05, 0.1) is 12.7 Å². The summed E-state index contributed by atoms with van der Waals surface area (Å²) in [7, 11) is 0. The Morgan fingerprint density at radius 1 is 1.53 bits per heavy atom. The molecule has 0 aliphatic carbocycles. The molecule has 4 N–H and O–H groups in total. The van der Waals surface area contributed by atoms with Gasteiger partial charge < -0.3 is 20.6 Å². The van der Waals surface area contributed by atoms with Crippen molar-refractivity contribution in [3.63, 3.8) is 0 Å². The van der Waals surface area contributed by atoms with Gasteiger partial charge in [-0.2, -0.15) is 0 Å². The third-order valence-corrected chi connectivity index (χ3v) is 2.11. The monoisotopic (exact) mass is 244 g/mol. The molecular weight excluding hydrogens is 218 g/mol. The Kier molecular flexibility index (Phi) is 2.61. The zero-order chi connectivity index (χ0) is 17.3. The largest absolute Gasteiger partial charge is 0.508 e. The van der Waals surface area contributed by atoms with Crippen LogP contribution in [0.15, 0.2) is 18.2 Å². The van der Waals surface area contributed by atoms with Gasteiger partial charge in [0.2, 0.25) is 0 Å². The molecule has 1 aromatic carbocycles. The Hall–Kier alpha value is -1.10. The fraction of sp³-hybridized carbons (Fsp3) is 0.538. The Balaban J connectivity index is 3.07. The molecule has 4 nitrogen and oxygen atoms in total. The van der Waals surface area contributed by atoms with E-state index in [1.807, 2.05) is 0 Å². The van der Waals surface area contributed by atoms with E-state index in [1.54, 1.807) is 0 Å². The summed E-state index contributed by atoms with van der Waals surface area (Å²) in [6, 6.07) is 3.80. The van der Waals surface area contributed by atoms with E-state index in [2.05, 4.69) is 5.32 Å². The maximum absolute atomic E-state index is 10.2. The molecule has 0 aliphatic heterocycles. The van der Waals surface area contributed by atoms with E-state index in [9.17, 15) is 10.2 Å². The molecule has 0 fully saturated rings. The fourth-order valence-electron chi connectivity index (χ4n) is 1.23. The predicted octanol–water partition coefficient (Wildman–Crippen LogP) is 1.31. The van der Waals surface area contributed by atoms with Gasteiger partial charge in [0.25, 0.3) is 0 Å². The quantitative estimate of drug-likeness (QED) is 0.644. The molecule has 17 heavy (non-hydrogen) atoms. The third kappa shape index (κ3) is 4.34. The number of aliphatic hydroxyl groups excluding tert-OH is 2. The summed E-state index contributed by atoms with van der Waals surface area (Å²) in [5.41, 5.74) is -1.31. The number of nitrogens with one attached hydrogen (secondary N) is 1. The second-order valence-corrected chi connectivity index (χ2v) is 4.34. The van der Waals surface area contributed by atoms with Crippen molar-refractivity contribution < 1.29 is 22.2 Å². The molecule has 0 aliphatic rings. The summed E-state index contributed by atoms with van der Waals surface area (Å²) in [4.78, 5) is 0. The highest BCUT2D eigenvalue weighted by Crippen LogP contribution is 2.22. The average Bonchev–Trinajstić information content (AvgIpc) is 2.36. The smallest absolute Gasteiger partial charge is 0.121 e. The van der Waals surface area contributed by atoms with Crippen molar-refractivity contribution in [1.29, 1.82) is 0 Å². The van der Waals surface area contributed by atoms with Gasteiger partial charge in [-0.05, 0) is 38.4 Å². The molecule has 0 saturated heterocycles. The van der Waals surface area contributed by atoms with Crippen LogP contribution in [0.25, 0.3) is 0 Å². The molecule has 1 atom stereocenters. The van der Waals surface area contributed by atoms with Crippen molar-refractivity contribution in [3.8, 4) is 5.75 Å². The van der Waals surface area contributed by atoms with Crippen molar-refractivity contribution >= 4 is 0 Å². The molecule has 0 radical (unpaired) electrons. The van der Waals surface area contributed by atoms with E-state index < -0.39 is 31.6 Å². The lowest BCUT2D eigenvalue weighted by molar-refractivity contribution is 0.163. The number of hydrogen-bond donors (Lipinski definition) is 4. The SMILES string of the molecule is [2H]C([2H])(NC(C)(C)C([2H])([2H])[2H])[C@@H](O)c1ccc(O)c(CO)c1. The number of hydrogen-bond acceptors (Lipinski definition) is 4. The van der Waals surface area contributed by atoms with Crippen LogP contribution in [0, 0.1) is 0 Å². The summed E-state index contributed by atoms with van der Waals surface area (Å²) < 4.78 is 38.1. The minimum absolute atomic E-state index is 0.112. The summed E-state index contributed by atoms with van der Waals surface area (Å²) in [6.07, 6.45) is -1.68. The molecule has 0 heterocycles. The van der Waals surface area contributed by atoms with E-state index in [-0.39, 0.29) is 16.9 Å². The van der Waals surface area contributed by atoms with E-state index in [4.69, 9.17) is 12.0 Å². The normalized spacial score (nSPS) is 19.6. The number of rotatable bonds is 4. The highest BCUT2D eigenvalue weighted by atomic mass is 16.3. The maximum Gasteiger partial charge on any atom is 0.121 e. The highest BCUT2D eigenvalue weighted by molar-refractivity contribution is 5.36. The molecule has 1 rings (SSSR count). The lowest BCUT2D eigenvalue weighted by Crippen LogP contribution is -2.38. The standard InChI is InChI=1S/C13H21NO3/c1-13(2,3)14-7-12(17)9-4-5-11(16)10(6-9)8-15/h4-6,12,14-17H,7-8H2,1-3H3/t12-/m1/s1/i1D3,7D2. The molecular formula is C13H21NO3. The second kappa shape index (κ2) is 5.49. The summed E-state index contributed by atoms with van der Waals surface area (Å²) in [6.45, 7) is -2.72. The topological polar surface area (TPSA) is 72.7 Å². The fourth-order valence-corrected chi connectivity index (χ4v) is 1.23. The first-order valence-corrected chi connectivity index (χ1v) is 5.22. The van der Waals surface area contributed by atoms with Gasteiger partial charge in [0, 0.05) is 24.5 Å². The number of β-amino-alcohol motifs (C(OH)–C–C–N with tert-alkyl or cyclic N) is 1. The van der Waals surface area contributed by atoms with E-state index in [1.165, 1.54) is 32.0 Å². The molecule has 0 saturated carbocycles. The minimum Gasteiger partial charge on any atom is -0.508 e. The predicted molar refractivity (Wildman–Crippen MR) is 66.7 cm³/mol. The highest BCUT2D eigenvalue weighted by Gasteiger charge is 2.14. The Morgan fingerprint density at radius 2 is 2.24 bits per heavy atom. The lowest BCUT2D eigenvalue weighted by atomic mass is 10.0. The van der Waals surface area contributed by atoms with Crippen molar-refractivity contribution in [3.05, 3.63) is 29.3 Å². The number of aliphatic hydroxyl groups is 2. The number of benzene rings is 1. The van der Waals surface area contributed by atoms with Gasteiger partial charge in [-0.3, -0.25) is 0 Å². The van der Waals surface area contributed by atoms with Crippen molar-refractivity contribution in [2.75, 3.05) is 6.50 Å². The van der Waals surface area contributed by atoms with Gasteiger partial charge in [0.15, 0.2) is 0 Å². The first-order valence-electron chi connectivity index (χ1n) is 7.72. The van der Waals surface area contributed by atoms with Gasteiger partial charge in [0.1, 0.15) is 5.75 Å². The first kappa shape index (κ1) is 8.08. The second-order valence-electron chi connectivity index (χ2n) is 4.34. The van der Waals surface area contributed by atoms with Gasteiger partial charge in [-0.15, -0.1) is 0 Å². The van der Waals surface area contributed by atoms with Crippen LogP contribution in [-0.2, 0) is 6.61 Å². The molecule has 0 spiro atoms. The zero-order valence-corrected chi connectivity index (χ0v) is 9.86.